The maximum atomic E-state index is 14.3. The summed E-state index contributed by atoms with van der Waals surface area (Å²) in [6.07, 6.45) is -2.42. The molecule has 45 heavy (non-hydrogen) atoms. The van der Waals surface area contributed by atoms with Gasteiger partial charge in [0.25, 0.3) is 5.91 Å². The number of carbonyl (C=O) groups is 3. The summed E-state index contributed by atoms with van der Waals surface area (Å²) in [7, 11) is 1.28. The van der Waals surface area contributed by atoms with Gasteiger partial charge in [-0.25, -0.2) is 9.18 Å². The molecule has 4 aromatic rings. The van der Waals surface area contributed by atoms with E-state index in [1.807, 2.05) is 48.7 Å². The van der Waals surface area contributed by atoms with Gasteiger partial charge in [-0.2, -0.15) is 0 Å². The molecule has 2 unspecified atom stereocenters. The van der Waals surface area contributed by atoms with Gasteiger partial charge in [-0.15, -0.1) is 0 Å². The fourth-order valence-electron chi connectivity index (χ4n) is 5.54. The van der Waals surface area contributed by atoms with Crippen molar-refractivity contribution >= 4 is 23.5 Å². The lowest BCUT2D eigenvalue weighted by Crippen LogP contribution is -2.23. The smallest absolute Gasteiger partial charge is 0.337 e. The van der Waals surface area contributed by atoms with E-state index in [-0.39, 0.29) is 30.9 Å². The second kappa shape index (κ2) is 14.8. The predicted molar refractivity (Wildman–Crippen MR) is 169 cm³/mol. The number of aliphatic hydroxyl groups is 2. The molecule has 236 valence electrons. The molecule has 0 saturated carbocycles. The third kappa shape index (κ3) is 8.03. The molecule has 0 spiro atoms. The molecule has 0 saturated heterocycles. The van der Waals surface area contributed by atoms with E-state index in [0.29, 0.717) is 33.8 Å². The lowest BCUT2D eigenvalue weighted by atomic mass is 9.92. The van der Waals surface area contributed by atoms with Gasteiger partial charge >= 0.3 is 11.9 Å². The Morgan fingerprint density at radius 2 is 1.56 bits per heavy atom. The Hall–Kier alpha value is -4.80. The van der Waals surface area contributed by atoms with Crippen LogP contribution in [0.3, 0.4) is 0 Å². The number of hydrogen-bond acceptors (Lipinski definition) is 6. The van der Waals surface area contributed by atoms with E-state index in [1.54, 1.807) is 30.3 Å². The molecule has 0 aliphatic rings. The van der Waals surface area contributed by atoms with Crippen LogP contribution in [0.15, 0.2) is 78.9 Å². The zero-order valence-electron chi connectivity index (χ0n) is 25.4. The van der Waals surface area contributed by atoms with Crippen molar-refractivity contribution in [3.8, 4) is 22.3 Å². The van der Waals surface area contributed by atoms with E-state index < -0.39 is 42.3 Å². The number of carboxylic acids is 1. The minimum atomic E-state index is -1.21. The number of amides is 1. The number of methoxy groups -OCH3 is 1. The number of hydrogen-bond donors (Lipinski definition) is 4. The van der Waals surface area contributed by atoms with Gasteiger partial charge in [0.1, 0.15) is 11.5 Å². The maximum absolute atomic E-state index is 14.3. The third-order valence-electron chi connectivity index (χ3n) is 7.44. The van der Waals surface area contributed by atoms with Crippen LogP contribution in [0.4, 0.5) is 10.1 Å². The average molecular weight is 617 g/mol. The summed E-state index contributed by atoms with van der Waals surface area (Å²) in [4.78, 5) is 37.4. The number of carbonyl (C=O) groups excluding carboxylic acids is 2. The van der Waals surface area contributed by atoms with Crippen molar-refractivity contribution in [1.29, 1.82) is 0 Å². The molecule has 2 atom stereocenters. The Balaban J connectivity index is 1.89. The zero-order valence-corrected chi connectivity index (χ0v) is 25.4. The number of halogens is 1. The van der Waals surface area contributed by atoms with E-state index in [0.717, 1.165) is 5.56 Å². The van der Waals surface area contributed by atoms with Crippen molar-refractivity contribution in [2.45, 2.75) is 57.8 Å². The Kier molecular flexibility index (Phi) is 10.9. The largest absolute Gasteiger partial charge is 0.481 e. The van der Waals surface area contributed by atoms with Crippen LogP contribution in [0.1, 0.15) is 65.7 Å². The minimum Gasteiger partial charge on any atom is -0.481 e. The Labute approximate surface area is 260 Å². The van der Waals surface area contributed by atoms with Crippen molar-refractivity contribution in [3.63, 3.8) is 0 Å². The first-order chi connectivity index (χ1) is 21.5. The lowest BCUT2D eigenvalue weighted by molar-refractivity contribution is -0.139. The number of aliphatic hydroxyl groups excluding tert-OH is 2. The summed E-state index contributed by atoms with van der Waals surface area (Å²) in [6.45, 7) is 3.85. The molecule has 1 heterocycles. The van der Waals surface area contributed by atoms with Crippen LogP contribution in [0.5, 0.6) is 0 Å². The van der Waals surface area contributed by atoms with Crippen LogP contribution < -0.4 is 5.32 Å². The quantitative estimate of drug-likeness (QED) is 0.133. The van der Waals surface area contributed by atoms with Gasteiger partial charge in [-0.1, -0.05) is 48.5 Å². The van der Waals surface area contributed by atoms with Gasteiger partial charge in [0.05, 0.1) is 31.3 Å². The number of nitrogens with zero attached hydrogens (tertiary/aromatic N) is 1. The Morgan fingerprint density at radius 3 is 2.18 bits per heavy atom. The number of aromatic nitrogens is 1. The van der Waals surface area contributed by atoms with Gasteiger partial charge < -0.3 is 29.9 Å². The number of nitrogens with one attached hydrogen (secondary N) is 1. The zero-order chi connectivity index (χ0) is 32.7. The van der Waals surface area contributed by atoms with Crippen LogP contribution in [-0.4, -0.2) is 57.1 Å². The maximum Gasteiger partial charge on any atom is 0.337 e. The van der Waals surface area contributed by atoms with Crippen molar-refractivity contribution in [2.75, 3.05) is 12.4 Å². The molecule has 1 amide bonds. The normalized spacial score (nSPS) is 12.5. The van der Waals surface area contributed by atoms with E-state index in [1.165, 1.54) is 25.3 Å². The number of esters is 1. The Morgan fingerprint density at radius 1 is 0.889 bits per heavy atom. The molecule has 9 nitrogen and oxygen atoms in total. The van der Waals surface area contributed by atoms with E-state index >= 15 is 0 Å². The number of anilines is 1. The molecular formula is C35H37FN2O7. The fourth-order valence-corrected chi connectivity index (χ4v) is 5.54. The molecule has 0 aliphatic carbocycles. The summed E-state index contributed by atoms with van der Waals surface area (Å²) in [5.41, 5.74) is 4.37. The minimum absolute atomic E-state index is 0.129. The molecular weight excluding hydrogens is 579 g/mol. The topological polar surface area (TPSA) is 138 Å². The van der Waals surface area contributed by atoms with Crippen LogP contribution in [0.2, 0.25) is 0 Å². The number of ether oxygens (including phenoxy) is 1. The highest BCUT2D eigenvalue weighted by atomic mass is 19.1. The van der Waals surface area contributed by atoms with Crippen molar-refractivity contribution in [3.05, 3.63) is 102 Å². The van der Waals surface area contributed by atoms with Crippen molar-refractivity contribution < 1.29 is 38.8 Å². The van der Waals surface area contributed by atoms with E-state index in [4.69, 9.17) is 9.84 Å². The number of aliphatic carboxylic acids is 1. The van der Waals surface area contributed by atoms with Crippen molar-refractivity contribution in [2.24, 2.45) is 0 Å². The third-order valence-corrected chi connectivity index (χ3v) is 7.44. The molecule has 4 N–H and O–H groups in total. The van der Waals surface area contributed by atoms with Crippen LogP contribution in [0.25, 0.3) is 22.3 Å². The molecule has 10 heteroatoms. The van der Waals surface area contributed by atoms with Gasteiger partial charge in [0.2, 0.25) is 0 Å². The van der Waals surface area contributed by atoms with E-state index in [9.17, 15) is 29.0 Å². The van der Waals surface area contributed by atoms with Gasteiger partial charge in [0.15, 0.2) is 0 Å². The van der Waals surface area contributed by atoms with Crippen LogP contribution in [0, 0.1) is 5.82 Å². The molecule has 1 aromatic heterocycles. The summed E-state index contributed by atoms with van der Waals surface area (Å²) in [5, 5.41) is 32.8. The summed E-state index contributed by atoms with van der Waals surface area (Å²) in [6, 6.07) is 21.4. The highest BCUT2D eigenvalue weighted by Crippen LogP contribution is 2.43. The summed E-state index contributed by atoms with van der Waals surface area (Å²) in [5.74, 6) is -2.58. The molecule has 0 bridgehead atoms. The standard InChI is InChI=1S/C35H37FN2O7/c1-21(2)38-29(17-16-27(39)19-28(40)20-30(41)42)31(23-12-14-25(36)15-13-23)32(22-8-5-4-6-9-22)33(38)34(43)37-26-11-7-10-24(18-26)35(44)45-3/h4-15,18,21,27-28,39-40H,16-17,19-20H2,1-3H3,(H,37,43)(H,41,42). The second-order valence-corrected chi connectivity index (χ2v) is 11.1. The highest BCUT2D eigenvalue weighted by Gasteiger charge is 2.30. The van der Waals surface area contributed by atoms with Gasteiger partial charge in [-0.05, 0) is 74.6 Å². The fraction of sp³-hybridized carbons (Fsp3) is 0.286. The monoisotopic (exact) mass is 616 g/mol. The summed E-state index contributed by atoms with van der Waals surface area (Å²) < 4.78 is 20.8. The van der Waals surface area contributed by atoms with Gasteiger partial charge in [-0.3, -0.25) is 9.59 Å². The lowest BCUT2D eigenvalue weighted by Gasteiger charge is -2.20. The van der Waals surface area contributed by atoms with E-state index in [2.05, 4.69) is 5.32 Å². The molecule has 0 fully saturated rings. The van der Waals surface area contributed by atoms with Crippen molar-refractivity contribution in [1.82, 2.24) is 4.57 Å². The Bertz CT molecular complexity index is 1650. The molecule has 3 aromatic carbocycles. The second-order valence-electron chi connectivity index (χ2n) is 11.1. The number of benzene rings is 3. The predicted octanol–water partition coefficient (Wildman–Crippen LogP) is 6.10. The first-order valence-corrected chi connectivity index (χ1v) is 14.7. The van der Waals surface area contributed by atoms with Gasteiger partial charge in [0, 0.05) is 28.6 Å². The van der Waals surface area contributed by atoms with Crippen LogP contribution >= 0.6 is 0 Å². The van der Waals surface area contributed by atoms with Crippen LogP contribution in [-0.2, 0) is 16.0 Å². The molecule has 4 rings (SSSR count). The number of carboxylic acid groups (broad SMARTS) is 1. The molecule has 0 radical (unpaired) electrons. The summed E-state index contributed by atoms with van der Waals surface area (Å²) >= 11 is 0. The first-order valence-electron chi connectivity index (χ1n) is 14.7. The average Bonchev–Trinajstić information content (AvgIpc) is 3.35. The highest BCUT2D eigenvalue weighted by molar-refractivity contribution is 6.11. The number of rotatable bonds is 13. The molecule has 0 aliphatic heterocycles. The first kappa shape index (κ1) is 33.1. The SMILES string of the molecule is COC(=O)c1cccc(NC(=O)c2c(-c3ccccc3)c(-c3ccc(F)cc3)c(CCC(O)CC(O)CC(=O)O)n2C(C)C)c1.